The smallest absolute Gasteiger partial charge is 0.170 e. The second kappa shape index (κ2) is 2.12. The number of aryl methyl sites for hydroxylation is 2. The largest absolute Gasteiger partial charge is 0.453 e. The van der Waals surface area contributed by atoms with Gasteiger partial charge in [0.2, 0.25) is 0 Å². The lowest BCUT2D eigenvalue weighted by Crippen LogP contribution is -1.76. The first kappa shape index (κ1) is 6.47. The maximum absolute atomic E-state index is 5.15. The van der Waals surface area contributed by atoms with Gasteiger partial charge in [-0.1, -0.05) is 6.07 Å². The monoisotopic (exact) mass is 145 g/mol. The molecular weight excluding hydrogens is 136 g/mol. The van der Waals surface area contributed by atoms with Crippen molar-refractivity contribution in [2.75, 3.05) is 0 Å². The van der Waals surface area contributed by atoms with Crippen LogP contribution in [0.15, 0.2) is 22.6 Å². The molecule has 55 valence electrons. The molecule has 1 nitrogen and oxygen atoms in total. The summed E-state index contributed by atoms with van der Waals surface area (Å²) in [5.74, 6) is 0. The molecule has 1 radical (unpaired) electrons. The Bertz CT molecular complexity index is 385. The van der Waals surface area contributed by atoms with Gasteiger partial charge in [-0.3, -0.25) is 0 Å². The first-order chi connectivity index (χ1) is 5.27. The van der Waals surface area contributed by atoms with Crippen LogP contribution in [0.1, 0.15) is 11.1 Å². The summed E-state index contributed by atoms with van der Waals surface area (Å²) < 4.78 is 5.15. The standard InChI is InChI=1S/C10H9O/c1-7-5-8(2)9-3-4-11-10(9)6-7/h3,5-6H,1-2H3. The Morgan fingerprint density at radius 1 is 1.27 bits per heavy atom. The Balaban J connectivity index is 2.91. The molecule has 1 aromatic carbocycles. The van der Waals surface area contributed by atoms with Crippen molar-refractivity contribution < 1.29 is 4.42 Å². The SMILES string of the molecule is Cc1cc(C)c2c[c]oc2c1. The minimum Gasteiger partial charge on any atom is -0.453 e. The highest BCUT2D eigenvalue weighted by atomic mass is 16.3. The fourth-order valence-electron chi connectivity index (χ4n) is 1.36. The van der Waals surface area contributed by atoms with Gasteiger partial charge in [0.05, 0.1) is 0 Å². The van der Waals surface area contributed by atoms with Crippen molar-refractivity contribution in [2.24, 2.45) is 0 Å². The molecule has 0 aliphatic rings. The molecule has 1 aromatic heterocycles. The number of rotatable bonds is 0. The Morgan fingerprint density at radius 2 is 2.09 bits per heavy atom. The lowest BCUT2D eigenvalue weighted by atomic mass is 10.1. The lowest BCUT2D eigenvalue weighted by molar-refractivity contribution is 0.605. The van der Waals surface area contributed by atoms with Gasteiger partial charge in [0, 0.05) is 5.39 Å². The third-order valence-corrected chi connectivity index (χ3v) is 1.87. The fraction of sp³-hybridized carbons (Fsp3) is 0.200. The van der Waals surface area contributed by atoms with E-state index in [0.717, 1.165) is 11.0 Å². The second-order valence-electron chi connectivity index (χ2n) is 2.86. The summed E-state index contributed by atoms with van der Waals surface area (Å²) in [4.78, 5) is 0. The first-order valence-electron chi connectivity index (χ1n) is 3.64. The van der Waals surface area contributed by atoms with Crippen molar-refractivity contribution in [3.63, 3.8) is 0 Å². The van der Waals surface area contributed by atoms with E-state index in [-0.39, 0.29) is 0 Å². The fourth-order valence-corrected chi connectivity index (χ4v) is 1.36. The highest BCUT2D eigenvalue weighted by Gasteiger charge is 2.00. The van der Waals surface area contributed by atoms with Crippen LogP contribution in [0.3, 0.4) is 0 Å². The molecule has 1 heteroatoms. The molecule has 0 unspecified atom stereocenters. The number of furan rings is 1. The number of hydrogen-bond donors (Lipinski definition) is 0. The minimum absolute atomic E-state index is 0.933. The zero-order valence-electron chi connectivity index (χ0n) is 6.64. The van der Waals surface area contributed by atoms with Crippen molar-refractivity contribution in [3.8, 4) is 0 Å². The van der Waals surface area contributed by atoms with Crippen LogP contribution < -0.4 is 0 Å². The third-order valence-electron chi connectivity index (χ3n) is 1.87. The van der Waals surface area contributed by atoms with Crippen molar-refractivity contribution in [2.45, 2.75) is 13.8 Å². The van der Waals surface area contributed by atoms with Crippen LogP contribution in [0.25, 0.3) is 11.0 Å². The van der Waals surface area contributed by atoms with E-state index >= 15 is 0 Å². The van der Waals surface area contributed by atoms with Gasteiger partial charge >= 0.3 is 0 Å². The van der Waals surface area contributed by atoms with Gasteiger partial charge in [-0.05, 0) is 37.1 Å². The molecule has 0 fully saturated rings. The van der Waals surface area contributed by atoms with E-state index in [9.17, 15) is 0 Å². The molecule has 11 heavy (non-hydrogen) atoms. The van der Waals surface area contributed by atoms with Gasteiger partial charge in [-0.25, -0.2) is 0 Å². The molecule has 0 atom stereocenters. The third kappa shape index (κ3) is 0.929. The van der Waals surface area contributed by atoms with Crippen LogP contribution in [-0.4, -0.2) is 0 Å². The van der Waals surface area contributed by atoms with E-state index < -0.39 is 0 Å². The Kier molecular flexibility index (Phi) is 1.25. The molecule has 0 bridgehead atoms. The van der Waals surface area contributed by atoms with Gasteiger partial charge in [0.15, 0.2) is 6.26 Å². The normalized spacial score (nSPS) is 10.7. The maximum Gasteiger partial charge on any atom is 0.170 e. The Labute approximate surface area is 65.6 Å². The average Bonchev–Trinajstić information content (AvgIpc) is 2.34. The summed E-state index contributed by atoms with van der Waals surface area (Å²) in [7, 11) is 0. The van der Waals surface area contributed by atoms with E-state index in [4.69, 9.17) is 4.42 Å². The van der Waals surface area contributed by atoms with E-state index in [0.29, 0.717) is 0 Å². The highest BCUT2D eigenvalue weighted by molar-refractivity contribution is 5.81. The van der Waals surface area contributed by atoms with Crippen LogP contribution in [0, 0.1) is 20.1 Å². The van der Waals surface area contributed by atoms with Crippen LogP contribution in [-0.2, 0) is 0 Å². The van der Waals surface area contributed by atoms with Crippen molar-refractivity contribution in [1.82, 2.24) is 0 Å². The Morgan fingerprint density at radius 3 is 2.91 bits per heavy atom. The van der Waals surface area contributed by atoms with Crippen molar-refractivity contribution in [3.05, 3.63) is 35.6 Å². The predicted molar refractivity (Wildman–Crippen MR) is 44.5 cm³/mol. The lowest BCUT2D eigenvalue weighted by Gasteiger charge is -1.96. The maximum atomic E-state index is 5.15. The van der Waals surface area contributed by atoms with Gasteiger partial charge in [-0.2, -0.15) is 0 Å². The summed E-state index contributed by atoms with van der Waals surface area (Å²) in [6, 6.07) is 6.05. The van der Waals surface area contributed by atoms with Gasteiger partial charge in [0.1, 0.15) is 5.58 Å². The van der Waals surface area contributed by atoms with Crippen LogP contribution >= 0.6 is 0 Å². The zero-order chi connectivity index (χ0) is 7.84. The van der Waals surface area contributed by atoms with E-state index in [1.165, 1.54) is 11.1 Å². The molecule has 0 aliphatic heterocycles. The minimum atomic E-state index is 0.933. The van der Waals surface area contributed by atoms with Gasteiger partial charge < -0.3 is 4.42 Å². The van der Waals surface area contributed by atoms with Crippen LogP contribution in [0.4, 0.5) is 0 Å². The predicted octanol–water partition coefficient (Wildman–Crippen LogP) is 2.85. The molecule has 0 amide bonds. The molecular formula is C10H9O. The molecule has 0 N–H and O–H groups in total. The zero-order valence-corrected chi connectivity index (χ0v) is 6.64. The average molecular weight is 145 g/mol. The van der Waals surface area contributed by atoms with E-state index in [1.54, 1.807) is 0 Å². The molecule has 0 spiro atoms. The molecule has 0 aliphatic carbocycles. The quantitative estimate of drug-likeness (QED) is 0.555. The number of hydrogen-bond acceptors (Lipinski definition) is 1. The van der Waals surface area contributed by atoms with Gasteiger partial charge in [0.25, 0.3) is 0 Å². The second-order valence-corrected chi connectivity index (χ2v) is 2.86. The highest BCUT2D eigenvalue weighted by Crippen LogP contribution is 2.20. The summed E-state index contributed by atoms with van der Waals surface area (Å²) in [5, 5.41) is 1.16. The van der Waals surface area contributed by atoms with Crippen molar-refractivity contribution >= 4 is 11.0 Å². The number of benzene rings is 1. The summed E-state index contributed by atoms with van der Waals surface area (Å²) in [5.41, 5.74) is 3.42. The first-order valence-corrected chi connectivity index (χ1v) is 3.64. The Hall–Kier alpha value is -1.24. The van der Waals surface area contributed by atoms with E-state index in [2.05, 4.69) is 26.2 Å². The van der Waals surface area contributed by atoms with Crippen LogP contribution in [0.5, 0.6) is 0 Å². The van der Waals surface area contributed by atoms with Crippen LogP contribution in [0.2, 0.25) is 0 Å². The topological polar surface area (TPSA) is 13.1 Å². The number of fused-ring (bicyclic) bond motifs is 1. The summed E-state index contributed by atoms with van der Waals surface area (Å²) >= 11 is 0. The molecule has 0 saturated heterocycles. The van der Waals surface area contributed by atoms with Crippen molar-refractivity contribution in [1.29, 1.82) is 0 Å². The molecule has 1 heterocycles. The molecule has 2 aromatic rings. The summed E-state index contributed by atoms with van der Waals surface area (Å²) in [6.45, 7) is 4.15. The molecule has 2 rings (SSSR count). The van der Waals surface area contributed by atoms with E-state index in [1.807, 2.05) is 12.1 Å². The van der Waals surface area contributed by atoms with Gasteiger partial charge in [-0.15, -0.1) is 0 Å². The summed E-state index contributed by atoms with van der Waals surface area (Å²) in [6.07, 6.45) is 2.73. The molecule has 0 saturated carbocycles.